The maximum Gasteiger partial charge on any atom is 0.0860 e. The maximum absolute atomic E-state index is 10.6. The Kier molecular flexibility index (Phi) is 3.28. The Balaban J connectivity index is 2.36. The first-order valence-corrected chi connectivity index (χ1v) is 6.46. The first kappa shape index (κ1) is 12.6. The van der Waals surface area contributed by atoms with Gasteiger partial charge in [-0.25, -0.2) is 0 Å². The van der Waals surface area contributed by atoms with Gasteiger partial charge in [0.2, 0.25) is 0 Å². The van der Waals surface area contributed by atoms with Crippen LogP contribution in [0.3, 0.4) is 0 Å². The van der Waals surface area contributed by atoms with Gasteiger partial charge in [-0.1, -0.05) is 18.6 Å². The number of hydrogen-bond donors (Lipinski definition) is 2. The van der Waals surface area contributed by atoms with E-state index in [-0.39, 0.29) is 5.41 Å². The van der Waals surface area contributed by atoms with Crippen molar-refractivity contribution < 1.29 is 5.11 Å². The highest BCUT2D eigenvalue weighted by Crippen LogP contribution is 2.50. The van der Waals surface area contributed by atoms with E-state index < -0.39 is 6.10 Å². The van der Waals surface area contributed by atoms with Crippen LogP contribution in [-0.4, -0.2) is 11.7 Å². The van der Waals surface area contributed by atoms with Crippen molar-refractivity contribution in [3.8, 4) is 0 Å². The van der Waals surface area contributed by atoms with E-state index in [0.717, 1.165) is 18.4 Å². The summed E-state index contributed by atoms with van der Waals surface area (Å²) >= 11 is 0. The maximum atomic E-state index is 10.6. The highest BCUT2D eigenvalue weighted by atomic mass is 16.3. The van der Waals surface area contributed by atoms with Gasteiger partial charge >= 0.3 is 0 Å². The van der Waals surface area contributed by atoms with Crippen molar-refractivity contribution in [2.45, 2.75) is 46.1 Å². The smallest absolute Gasteiger partial charge is 0.0860 e. The Hall–Kier alpha value is -0.860. The highest BCUT2D eigenvalue weighted by Gasteiger charge is 2.43. The Labute approximate surface area is 104 Å². The fraction of sp³-hybridized carbons (Fsp3) is 0.600. The van der Waals surface area contributed by atoms with Crippen molar-refractivity contribution in [2.75, 3.05) is 6.54 Å². The molecule has 0 aromatic heterocycles. The van der Waals surface area contributed by atoms with Crippen LogP contribution >= 0.6 is 0 Å². The van der Waals surface area contributed by atoms with Crippen LogP contribution in [0.2, 0.25) is 0 Å². The van der Waals surface area contributed by atoms with Gasteiger partial charge in [-0.05, 0) is 55.9 Å². The lowest BCUT2D eigenvalue weighted by Crippen LogP contribution is -2.42. The summed E-state index contributed by atoms with van der Waals surface area (Å²) in [6.07, 6.45) is 2.90. The number of aliphatic hydroxyl groups excluding tert-OH is 1. The molecule has 1 fully saturated rings. The molecule has 94 valence electrons. The molecule has 1 aromatic rings. The van der Waals surface area contributed by atoms with Crippen LogP contribution in [0, 0.1) is 26.2 Å². The minimum absolute atomic E-state index is 0.0630. The summed E-state index contributed by atoms with van der Waals surface area (Å²) < 4.78 is 0. The van der Waals surface area contributed by atoms with Gasteiger partial charge in [0.05, 0.1) is 6.10 Å². The molecule has 1 unspecified atom stereocenters. The van der Waals surface area contributed by atoms with Crippen molar-refractivity contribution in [2.24, 2.45) is 11.1 Å². The zero-order valence-electron chi connectivity index (χ0n) is 11.1. The van der Waals surface area contributed by atoms with Gasteiger partial charge in [-0.3, -0.25) is 0 Å². The molecule has 0 aliphatic heterocycles. The molecule has 2 rings (SSSR count). The molecule has 1 aliphatic carbocycles. The number of nitrogens with two attached hydrogens (primary N) is 1. The normalized spacial score (nSPS) is 19.8. The first-order chi connectivity index (χ1) is 8.00. The van der Waals surface area contributed by atoms with Crippen molar-refractivity contribution >= 4 is 0 Å². The fourth-order valence-electron chi connectivity index (χ4n) is 2.83. The zero-order valence-corrected chi connectivity index (χ0v) is 11.1. The number of benzene rings is 1. The molecular weight excluding hydrogens is 210 g/mol. The van der Waals surface area contributed by atoms with E-state index in [2.05, 4.69) is 32.9 Å². The van der Waals surface area contributed by atoms with Crippen LogP contribution < -0.4 is 5.73 Å². The van der Waals surface area contributed by atoms with Gasteiger partial charge in [0.1, 0.15) is 0 Å². The van der Waals surface area contributed by atoms with E-state index in [1.54, 1.807) is 0 Å². The standard InChI is InChI=1S/C15H23NO/c1-10-7-12(3)13(8-11(10)2)14(17)15(9-16)5-4-6-15/h7-8,14,17H,4-6,9,16H2,1-3H3. The van der Waals surface area contributed by atoms with Crippen LogP contribution in [-0.2, 0) is 0 Å². The van der Waals surface area contributed by atoms with Gasteiger partial charge in [-0.15, -0.1) is 0 Å². The Morgan fingerprint density at radius 1 is 1.18 bits per heavy atom. The molecule has 1 aromatic carbocycles. The third kappa shape index (κ3) is 2.00. The second-order valence-corrected chi connectivity index (χ2v) is 5.62. The minimum Gasteiger partial charge on any atom is -0.388 e. The second kappa shape index (κ2) is 4.43. The lowest BCUT2D eigenvalue weighted by molar-refractivity contribution is -0.0300. The molecule has 0 spiro atoms. The lowest BCUT2D eigenvalue weighted by Gasteiger charge is -2.45. The van der Waals surface area contributed by atoms with Crippen LogP contribution in [0.15, 0.2) is 12.1 Å². The van der Waals surface area contributed by atoms with Crippen LogP contribution in [0.25, 0.3) is 0 Å². The Morgan fingerprint density at radius 3 is 2.24 bits per heavy atom. The topological polar surface area (TPSA) is 46.2 Å². The molecule has 3 N–H and O–H groups in total. The summed E-state index contributed by atoms with van der Waals surface area (Å²) in [6.45, 7) is 6.87. The molecule has 1 saturated carbocycles. The van der Waals surface area contributed by atoms with E-state index >= 15 is 0 Å². The van der Waals surface area contributed by atoms with Crippen molar-refractivity contribution in [3.05, 3.63) is 34.4 Å². The summed E-state index contributed by atoms with van der Waals surface area (Å²) in [7, 11) is 0. The van der Waals surface area contributed by atoms with Gasteiger partial charge < -0.3 is 10.8 Å². The lowest BCUT2D eigenvalue weighted by atomic mass is 9.63. The SMILES string of the molecule is Cc1cc(C)c(C(O)C2(CN)CCC2)cc1C. The summed E-state index contributed by atoms with van der Waals surface area (Å²) in [5.41, 5.74) is 10.6. The average molecular weight is 233 g/mol. The van der Waals surface area contributed by atoms with Gasteiger partial charge in [-0.2, -0.15) is 0 Å². The molecule has 1 atom stereocenters. The molecule has 2 nitrogen and oxygen atoms in total. The Bertz CT molecular complexity index is 416. The van der Waals surface area contributed by atoms with Crippen LogP contribution in [0.5, 0.6) is 0 Å². The fourth-order valence-corrected chi connectivity index (χ4v) is 2.83. The molecule has 0 heterocycles. The molecule has 0 amide bonds. The molecule has 1 aliphatic rings. The van der Waals surface area contributed by atoms with Crippen LogP contribution in [0.1, 0.15) is 47.6 Å². The van der Waals surface area contributed by atoms with E-state index in [1.165, 1.54) is 23.1 Å². The predicted octanol–water partition coefficient (Wildman–Crippen LogP) is 2.77. The van der Waals surface area contributed by atoms with E-state index in [1.807, 2.05) is 0 Å². The average Bonchev–Trinajstić information content (AvgIpc) is 2.22. The second-order valence-electron chi connectivity index (χ2n) is 5.62. The summed E-state index contributed by atoms with van der Waals surface area (Å²) in [4.78, 5) is 0. The van der Waals surface area contributed by atoms with Gasteiger partial charge in [0.25, 0.3) is 0 Å². The molecule has 0 radical (unpaired) electrons. The number of aryl methyl sites for hydroxylation is 3. The predicted molar refractivity (Wildman–Crippen MR) is 71.0 cm³/mol. The molecule has 0 saturated heterocycles. The number of aliphatic hydroxyl groups is 1. The molecular formula is C15H23NO. The van der Waals surface area contributed by atoms with Gasteiger partial charge in [0, 0.05) is 12.0 Å². The third-order valence-corrected chi connectivity index (χ3v) is 4.51. The third-order valence-electron chi connectivity index (χ3n) is 4.51. The summed E-state index contributed by atoms with van der Waals surface area (Å²) in [5.74, 6) is 0. The summed E-state index contributed by atoms with van der Waals surface area (Å²) in [5, 5.41) is 10.6. The highest BCUT2D eigenvalue weighted by molar-refractivity contribution is 5.38. The van der Waals surface area contributed by atoms with Crippen molar-refractivity contribution in [1.29, 1.82) is 0 Å². The number of rotatable bonds is 3. The van der Waals surface area contributed by atoms with Crippen molar-refractivity contribution in [3.63, 3.8) is 0 Å². The number of hydrogen-bond acceptors (Lipinski definition) is 2. The summed E-state index contributed by atoms with van der Waals surface area (Å²) in [6, 6.07) is 4.29. The first-order valence-electron chi connectivity index (χ1n) is 6.46. The van der Waals surface area contributed by atoms with Crippen molar-refractivity contribution in [1.82, 2.24) is 0 Å². The monoisotopic (exact) mass is 233 g/mol. The largest absolute Gasteiger partial charge is 0.388 e. The van der Waals surface area contributed by atoms with Crippen LogP contribution in [0.4, 0.5) is 0 Å². The molecule has 2 heteroatoms. The molecule has 0 bridgehead atoms. The Morgan fingerprint density at radius 2 is 1.76 bits per heavy atom. The zero-order chi connectivity index (χ0) is 12.6. The van der Waals surface area contributed by atoms with Gasteiger partial charge in [0.15, 0.2) is 0 Å². The molecule has 17 heavy (non-hydrogen) atoms. The van der Waals surface area contributed by atoms with E-state index in [0.29, 0.717) is 6.54 Å². The quantitative estimate of drug-likeness (QED) is 0.843. The minimum atomic E-state index is -0.402. The van der Waals surface area contributed by atoms with E-state index in [9.17, 15) is 5.11 Å². The van der Waals surface area contributed by atoms with E-state index in [4.69, 9.17) is 5.73 Å².